The first-order valence-electron chi connectivity index (χ1n) is 8.39. The first kappa shape index (κ1) is 18.1. The minimum Gasteiger partial charge on any atom is -0.459 e. The number of thiazole rings is 1. The van der Waals surface area contributed by atoms with Gasteiger partial charge in [-0.05, 0) is 52.2 Å². The predicted molar refractivity (Wildman–Crippen MR) is 111 cm³/mol. The molecule has 0 radical (unpaired) electrons. The maximum absolute atomic E-state index is 12.4. The van der Waals surface area contributed by atoms with Gasteiger partial charge >= 0.3 is 0 Å². The lowest BCUT2D eigenvalue weighted by Gasteiger charge is -2.06. The van der Waals surface area contributed by atoms with Crippen molar-refractivity contribution in [3.05, 3.63) is 76.3 Å². The molecule has 4 rings (SSSR count). The lowest BCUT2D eigenvalue weighted by Crippen LogP contribution is -2.15. The second-order valence-electron chi connectivity index (χ2n) is 5.89. The van der Waals surface area contributed by atoms with Crippen LogP contribution in [0.1, 0.15) is 16.2 Å². The van der Waals surface area contributed by atoms with E-state index in [1.165, 1.54) is 17.6 Å². The molecule has 2 N–H and O–H groups in total. The number of thiophene rings is 1. The summed E-state index contributed by atoms with van der Waals surface area (Å²) in [4.78, 5) is 28.6. The third-order valence-corrected chi connectivity index (χ3v) is 5.35. The van der Waals surface area contributed by atoms with Crippen LogP contribution in [0, 0.1) is 0 Å². The third kappa shape index (κ3) is 4.36. The highest BCUT2D eigenvalue weighted by Crippen LogP contribution is 2.25. The monoisotopic (exact) mass is 409 g/mol. The van der Waals surface area contributed by atoms with E-state index < -0.39 is 0 Å². The van der Waals surface area contributed by atoms with Gasteiger partial charge in [-0.3, -0.25) is 14.9 Å². The fourth-order valence-corrected chi connectivity index (χ4v) is 3.96. The molecule has 0 unspecified atom stereocenters. The van der Waals surface area contributed by atoms with Crippen LogP contribution in [0.2, 0.25) is 0 Å². The molecule has 140 valence electrons. The van der Waals surface area contributed by atoms with Gasteiger partial charge in [-0.1, -0.05) is 12.1 Å². The Hall–Kier alpha value is -3.23. The molecule has 0 atom stereocenters. The van der Waals surface area contributed by atoms with Crippen LogP contribution in [0.3, 0.4) is 0 Å². The Morgan fingerprint density at radius 3 is 2.75 bits per heavy atom. The third-order valence-electron chi connectivity index (χ3n) is 3.86. The molecule has 2 amide bonds. The average molecular weight is 409 g/mol. The number of furan rings is 1. The first-order chi connectivity index (χ1) is 13.7. The van der Waals surface area contributed by atoms with Crippen LogP contribution in [0.4, 0.5) is 10.8 Å². The molecule has 0 aliphatic heterocycles. The van der Waals surface area contributed by atoms with Crippen molar-refractivity contribution in [2.24, 2.45) is 0 Å². The van der Waals surface area contributed by atoms with Gasteiger partial charge in [0.1, 0.15) is 0 Å². The van der Waals surface area contributed by atoms with Crippen molar-refractivity contribution in [1.29, 1.82) is 0 Å². The van der Waals surface area contributed by atoms with Gasteiger partial charge in [-0.15, -0.1) is 11.3 Å². The van der Waals surface area contributed by atoms with Crippen molar-refractivity contribution < 1.29 is 14.0 Å². The van der Waals surface area contributed by atoms with Gasteiger partial charge in [-0.2, -0.15) is 11.3 Å². The minimum atomic E-state index is -0.374. The molecule has 0 aliphatic carbocycles. The molecule has 0 saturated heterocycles. The maximum Gasteiger partial charge on any atom is 0.293 e. The summed E-state index contributed by atoms with van der Waals surface area (Å²) in [5, 5.41) is 11.8. The van der Waals surface area contributed by atoms with E-state index in [-0.39, 0.29) is 24.0 Å². The van der Waals surface area contributed by atoms with E-state index in [0.717, 1.165) is 16.8 Å². The quantitative estimate of drug-likeness (QED) is 0.474. The van der Waals surface area contributed by atoms with E-state index in [0.29, 0.717) is 10.8 Å². The summed E-state index contributed by atoms with van der Waals surface area (Å²) in [5.41, 5.74) is 3.50. The molecule has 6 nitrogen and oxygen atoms in total. The molecule has 0 aliphatic rings. The summed E-state index contributed by atoms with van der Waals surface area (Å²) in [7, 11) is 0. The molecule has 0 saturated carbocycles. The Balaban J connectivity index is 1.36. The normalized spacial score (nSPS) is 10.6. The number of rotatable bonds is 6. The van der Waals surface area contributed by atoms with Crippen LogP contribution in [0.5, 0.6) is 0 Å². The molecule has 8 heteroatoms. The van der Waals surface area contributed by atoms with Gasteiger partial charge in [0.05, 0.1) is 18.4 Å². The second-order valence-corrected chi connectivity index (χ2v) is 7.53. The average Bonchev–Trinajstić information content (AvgIpc) is 3.45. The summed E-state index contributed by atoms with van der Waals surface area (Å²) in [6.07, 6.45) is 1.55. The fourth-order valence-electron chi connectivity index (χ4n) is 2.59. The van der Waals surface area contributed by atoms with Gasteiger partial charge in [0, 0.05) is 11.1 Å². The molecule has 3 heterocycles. The molecule has 0 fully saturated rings. The van der Waals surface area contributed by atoms with E-state index in [4.69, 9.17) is 4.42 Å². The van der Waals surface area contributed by atoms with Crippen molar-refractivity contribution in [3.63, 3.8) is 0 Å². The zero-order valence-electron chi connectivity index (χ0n) is 14.5. The highest BCUT2D eigenvalue weighted by Gasteiger charge is 2.13. The molecule has 4 aromatic rings. The van der Waals surface area contributed by atoms with E-state index in [1.54, 1.807) is 28.8 Å². The minimum absolute atomic E-state index is 0.121. The SMILES string of the molecule is O=C(Cc1csc(NC(=O)c2ccco2)n1)Nc1cccc(-c2ccsc2)c1. The lowest BCUT2D eigenvalue weighted by atomic mass is 10.1. The van der Waals surface area contributed by atoms with Crippen LogP contribution in [0.25, 0.3) is 11.1 Å². The van der Waals surface area contributed by atoms with E-state index >= 15 is 0 Å². The highest BCUT2D eigenvalue weighted by molar-refractivity contribution is 7.14. The molecule has 0 spiro atoms. The first-order valence-corrected chi connectivity index (χ1v) is 10.2. The number of nitrogens with one attached hydrogen (secondary N) is 2. The Morgan fingerprint density at radius 1 is 1.04 bits per heavy atom. The summed E-state index contributed by atoms with van der Waals surface area (Å²) in [6.45, 7) is 0. The van der Waals surface area contributed by atoms with Gasteiger partial charge < -0.3 is 9.73 Å². The zero-order valence-corrected chi connectivity index (χ0v) is 16.2. The van der Waals surface area contributed by atoms with Crippen molar-refractivity contribution in [1.82, 2.24) is 4.98 Å². The van der Waals surface area contributed by atoms with Gasteiger partial charge in [0.15, 0.2) is 10.9 Å². The number of carbonyl (C=O) groups is 2. The lowest BCUT2D eigenvalue weighted by molar-refractivity contribution is -0.115. The number of anilines is 2. The predicted octanol–water partition coefficient (Wildman–Crippen LogP) is 4.90. The number of amides is 2. The molecule has 0 bridgehead atoms. The fraction of sp³-hybridized carbons (Fsp3) is 0.0500. The summed E-state index contributed by atoms with van der Waals surface area (Å²) in [5.74, 6) is -0.336. The Kier molecular flexibility index (Phi) is 5.31. The van der Waals surface area contributed by atoms with Crippen LogP contribution < -0.4 is 10.6 Å². The van der Waals surface area contributed by atoms with Gasteiger partial charge in [0.2, 0.25) is 5.91 Å². The Labute approximate surface area is 168 Å². The van der Waals surface area contributed by atoms with Crippen LogP contribution in [-0.4, -0.2) is 16.8 Å². The van der Waals surface area contributed by atoms with Crippen molar-refractivity contribution in [2.75, 3.05) is 10.6 Å². The Bertz CT molecular complexity index is 1090. The van der Waals surface area contributed by atoms with E-state index in [1.807, 2.05) is 35.7 Å². The largest absolute Gasteiger partial charge is 0.459 e. The van der Waals surface area contributed by atoms with Crippen LogP contribution in [0.15, 0.2) is 69.3 Å². The number of hydrogen-bond acceptors (Lipinski definition) is 6. The number of nitrogens with zero attached hydrogens (tertiary/aromatic N) is 1. The number of aromatic nitrogens is 1. The maximum atomic E-state index is 12.4. The zero-order chi connectivity index (χ0) is 19.3. The standard InChI is InChI=1S/C20H15N3O3S2/c24-18(21-15-4-1-3-13(9-15)14-6-8-27-11-14)10-16-12-28-20(22-16)23-19(25)17-5-2-7-26-17/h1-9,11-12H,10H2,(H,21,24)(H,22,23,25). The summed E-state index contributed by atoms with van der Waals surface area (Å²) in [6, 6.07) is 13.0. The van der Waals surface area contributed by atoms with Crippen molar-refractivity contribution >= 4 is 45.3 Å². The smallest absolute Gasteiger partial charge is 0.293 e. The molecule has 28 heavy (non-hydrogen) atoms. The molecule has 1 aromatic carbocycles. The van der Waals surface area contributed by atoms with Crippen molar-refractivity contribution in [3.8, 4) is 11.1 Å². The topological polar surface area (TPSA) is 84.2 Å². The van der Waals surface area contributed by atoms with Gasteiger partial charge in [-0.25, -0.2) is 4.98 Å². The molecule has 3 aromatic heterocycles. The molecular formula is C20H15N3O3S2. The van der Waals surface area contributed by atoms with E-state index in [9.17, 15) is 9.59 Å². The van der Waals surface area contributed by atoms with E-state index in [2.05, 4.69) is 21.0 Å². The van der Waals surface area contributed by atoms with Gasteiger partial charge in [0.25, 0.3) is 5.91 Å². The van der Waals surface area contributed by atoms with Crippen molar-refractivity contribution in [2.45, 2.75) is 6.42 Å². The summed E-state index contributed by atoms with van der Waals surface area (Å²) >= 11 is 2.89. The second kappa shape index (κ2) is 8.20. The van der Waals surface area contributed by atoms with Crippen LogP contribution in [-0.2, 0) is 11.2 Å². The number of carbonyl (C=O) groups excluding carboxylic acids is 2. The number of hydrogen-bond donors (Lipinski definition) is 2. The molecular weight excluding hydrogens is 394 g/mol. The highest BCUT2D eigenvalue weighted by atomic mass is 32.1. The number of benzene rings is 1. The Morgan fingerprint density at radius 2 is 1.96 bits per heavy atom. The van der Waals surface area contributed by atoms with Crippen LogP contribution >= 0.6 is 22.7 Å². The summed E-state index contributed by atoms with van der Waals surface area (Å²) < 4.78 is 5.04.